The van der Waals surface area contributed by atoms with E-state index in [1.807, 2.05) is 6.92 Å². The molecule has 2 atom stereocenters. The molecule has 2 rings (SSSR count). The number of hydrogen-bond donors (Lipinski definition) is 1. The van der Waals surface area contributed by atoms with Gasteiger partial charge in [0.25, 0.3) is 0 Å². The summed E-state index contributed by atoms with van der Waals surface area (Å²) in [5.74, 6) is 0. The van der Waals surface area contributed by atoms with Gasteiger partial charge in [0.05, 0.1) is 11.5 Å². The minimum absolute atomic E-state index is 0.117. The zero-order chi connectivity index (χ0) is 13.3. The van der Waals surface area contributed by atoms with Crippen LogP contribution in [-0.4, -0.2) is 28.7 Å². The molecular weight excluding hydrogens is 236 g/mol. The van der Waals surface area contributed by atoms with Crippen LogP contribution in [0.4, 0.5) is 16.2 Å². The Balaban J connectivity index is 2.64. The molecule has 96 valence electrons. The molecule has 1 N–H and O–H groups in total. The van der Waals surface area contributed by atoms with E-state index in [-0.39, 0.29) is 21.9 Å². The number of likely N-dealkylation sites (tertiary alicyclic amines) is 1. The van der Waals surface area contributed by atoms with Gasteiger partial charge in [0.1, 0.15) is 6.04 Å². The fourth-order valence-electron chi connectivity index (χ4n) is 2.78. The molecule has 18 heavy (non-hydrogen) atoms. The summed E-state index contributed by atoms with van der Waals surface area (Å²) in [4.78, 5) is 22.2. The number of carboxylic acid groups (broad SMARTS) is 1. The van der Waals surface area contributed by atoms with Crippen molar-refractivity contribution in [2.45, 2.75) is 25.8 Å². The summed E-state index contributed by atoms with van der Waals surface area (Å²) >= 11 is 0. The number of carbonyl (C=O) groups is 1. The van der Waals surface area contributed by atoms with Crippen LogP contribution in [0.2, 0.25) is 0 Å². The zero-order valence-electron chi connectivity index (χ0n) is 10.1. The maximum absolute atomic E-state index is 11.7. The fourth-order valence-corrected chi connectivity index (χ4v) is 2.78. The van der Waals surface area contributed by atoms with Crippen molar-refractivity contribution >= 4 is 17.5 Å². The molecule has 6 nitrogen and oxygen atoms in total. The van der Waals surface area contributed by atoms with Gasteiger partial charge in [-0.05, 0) is 6.92 Å². The highest BCUT2D eigenvalue weighted by Crippen LogP contribution is 2.40. The van der Waals surface area contributed by atoms with Gasteiger partial charge in [-0.15, -0.1) is 0 Å². The number of para-hydroxylation sites is 2. The highest BCUT2D eigenvalue weighted by Gasteiger charge is 2.51. The third kappa shape index (κ3) is 1.65. The molecule has 1 heterocycles. The topological polar surface area (TPSA) is 80.4 Å². The largest absolute Gasteiger partial charge is 0.519 e. The Morgan fingerprint density at radius 3 is 2.67 bits per heavy atom. The van der Waals surface area contributed by atoms with Crippen LogP contribution in [0.3, 0.4) is 0 Å². The number of nitro benzene ring substituents is 1. The van der Waals surface area contributed by atoms with Crippen LogP contribution in [0.5, 0.6) is 0 Å². The van der Waals surface area contributed by atoms with E-state index in [1.165, 1.54) is 6.07 Å². The molecule has 1 unspecified atom stereocenters. The number of nitro groups is 1. The fraction of sp³-hybridized carbons (Fsp3) is 0.417. The zero-order valence-corrected chi connectivity index (χ0v) is 10.1. The molecule has 1 aliphatic heterocycles. The average molecular weight is 251 g/mol. The SMILES string of the molecule is C[C@@H]1CCC[N+]1(C(=O)O)c1ccccc1[N+](=O)[O-]. The van der Waals surface area contributed by atoms with E-state index in [9.17, 15) is 20.0 Å². The molecule has 0 bridgehead atoms. The van der Waals surface area contributed by atoms with Crippen LogP contribution >= 0.6 is 0 Å². The monoisotopic (exact) mass is 251 g/mol. The van der Waals surface area contributed by atoms with Gasteiger partial charge in [0.2, 0.25) is 5.69 Å². The number of benzene rings is 1. The van der Waals surface area contributed by atoms with Crippen LogP contribution in [0.25, 0.3) is 0 Å². The second kappa shape index (κ2) is 4.38. The Morgan fingerprint density at radius 2 is 2.17 bits per heavy atom. The summed E-state index contributed by atoms with van der Waals surface area (Å²) in [6.45, 7) is 2.24. The molecule has 0 radical (unpaired) electrons. The Kier molecular flexibility index (Phi) is 3.04. The number of nitrogens with zero attached hydrogens (tertiary/aromatic N) is 2. The van der Waals surface area contributed by atoms with E-state index >= 15 is 0 Å². The van der Waals surface area contributed by atoms with Crippen molar-refractivity contribution in [3.05, 3.63) is 34.4 Å². The second-order valence-electron chi connectivity index (χ2n) is 4.61. The van der Waals surface area contributed by atoms with E-state index < -0.39 is 11.0 Å². The number of hydrogen-bond acceptors (Lipinski definition) is 3. The van der Waals surface area contributed by atoms with Crippen molar-refractivity contribution in [3.8, 4) is 0 Å². The van der Waals surface area contributed by atoms with Crippen molar-refractivity contribution in [3.63, 3.8) is 0 Å². The number of quaternary nitrogens is 1. The van der Waals surface area contributed by atoms with Gasteiger partial charge >= 0.3 is 11.8 Å². The van der Waals surface area contributed by atoms with Crippen molar-refractivity contribution < 1.29 is 14.8 Å². The van der Waals surface area contributed by atoms with Gasteiger partial charge in [-0.2, -0.15) is 9.28 Å². The summed E-state index contributed by atoms with van der Waals surface area (Å²) in [5, 5.41) is 20.6. The maximum atomic E-state index is 11.7. The van der Waals surface area contributed by atoms with Crippen LogP contribution in [0.15, 0.2) is 24.3 Å². The Labute approximate surface area is 104 Å². The summed E-state index contributed by atoms with van der Waals surface area (Å²) in [6.07, 6.45) is 0.506. The highest BCUT2D eigenvalue weighted by atomic mass is 16.6. The first-order valence-corrected chi connectivity index (χ1v) is 5.85. The lowest BCUT2D eigenvalue weighted by atomic mass is 10.1. The first kappa shape index (κ1) is 12.5. The van der Waals surface area contributed by atoms with E-state index in [4.69, 9.17) is 0 Å². The van der Waals surface area contributed by atoms with Crippen LogP contribution in [0, 0.1) is 10.1 Å². The van der Waals surface area contributed by atoms with Gasteiger partial charge in [-0.1, -0.05) is 12.1 Å². The molecule has 1 amide bonds. The minimum atomic E-state index is -1.02. The third-order valence-electron chi connectivity index (χ3n) is 3.73. The highest BCUT2D eigenvalue weighted by molar-refractivity contribution is 5.85. The van der Waals surface area contributed by atoms with E-state index in [0.717, 1.165) is 12.8 Å². The van der Waals surface area contributed by atoms with Crippen molar-refractivity contribution in [2.75, 3.05) is 6.54 Å². The number of amides is 1. The standard InChI is InChI=1S/C12H14N2O4/c1-9-5-4-8-14(9,12(15)16)11-7-3-2-6-10(11)13(17)18/h2-3,6-7,9H,4-5,8H2,1H3/p+1/t9-,14?/m1/s1. The molecule has 6 heteroatoms. The van der Waals surface area contributed by atoms with Crippen LogP contribution in [0.1, 0.15) is 19.8 Å². The van der Waals surface area contributed by atoms with E-state index in [0.29, 0.717) is 6.54 Å². The predicted octanol–water partition coefficient (Wildman–Crippen LogP) is 2.76. The first-order valence-electron chi connectivity index (χ1n) is 5.85. The average Bonchev–Trinajstić information content (AvgIpc) is 2.72. The third-order valence-corrected chi connectivity index (χ3v) is 3.73. The van der Waals surface area contributed by atoms with Crippen molar-refractivity contribution in [1.29, 1.82) is 0 Å². The summed E-state index contributed by atoms with van der Waals surface area (Å²) in [7, 11) is 0. The van der Waals surface area contributed by atoms with Gasteiger partial charge in [-0.3, -0.25) is 10.1 Å². The summed E-state index contributed by atoms with van der Waals surface area (Å²) in [6, 6.07) is 5.97. The number of rotatable bonds is 2. The molecule has 1 aromatic rings. The lowest BCUT2D eigenvalue weighted by Gasteiger charge is -2.31. The Bertz CT molecular complexity index is 503. The molecule has 1 fully saturated rings. The van der Waals surface area contributed by atoms with Gasteiger partial charge in [-0.25, -0.2) is 0 Å². The van der Waals surface area contributed by atoms with Gasteiger partial charge in [0.15, 0.2) is 0 Å². The van der Waals surface area contributed by atoms with Crippen molar-refractivity contribution in [2.24, 2.45) is 0 Å². The van der Waals surface area contributed by atoms with E-state index in [1.54, 1.807) is 18.2 Å². The molecule has 0 aromatic heterocycles. The van der Waals surface area contributed by atoms with Crippen LogP contribution in [-0.2, 0) is 0 Å². The molecule has 0 aliphatic carbocycles. The summed E-state index contributed by atoms with van der Waals surface area (Å²) in [5.41, 5.74) is 0.161. The minimum Gasteiger partial charge on any atom is -0.435 e. The second-order valence-corrected chi connectivity index (χ2v) is 4.61. The van der Waals surface area contributed by atoms with Crippen LogP contribution < -0.4 is 4.48 Å². The van der Waals surface area contributed by atoms with Gasteiger partial charge in [0, 0.05) is 25.0 Å². The molecule has 0 saturated carbocycles. The molecule has 1 saturated heterocycles. The lowest BCUT2D eigenvalue weighted by Crippen LogP contribution is -2.56. The normalized spacial score (nSPS) is 27.1. The molecule has 0 spiro atoms. The smallest absolute Gasteiger partial charge is 0.435 e. The Morgan fingerprint density at radius 1 is 1.50 bits per heavy atom. The maximum Gasteiger partial charge on any atom is 0.519 e. The Hall–Kier alpha value is -1.95. The van der Waals surface area contributed by atoms with Crippen molar-refractivity contribution in [1.82, 2.24) is 4.48 Å². The molecule has 1 aromatic carbocycles. The van der Waals surface area contributed by atoms with Gasteiger partial charge < -0.3 is 5.11 Å². The lowest BCUT2D eigenvalue weighted by molar-refractivity contribution is -0.384. The predicted molar refractivity (Wildman–Crippen MR) is 66.5 cm³/mol. The first-order chi connectivity index (χ1) is 8.50. The quantitative estimate of drug-likeness (QED) is 0.498. The molecular formula is C12H15N2O4+. The van der Waals surface area contributed by atoms with E-state index in [2.05, 4.69) is 0 Å². The summed E-state index contributed by atoms with van der Waals surface area (Å²) < 4.78 is -0.336. The molecule has 1 aliphatic rings.